The van der Waals surface area contributed by atoms with Crippen LogP contribution in [-0.2, 0) is 4.79 Å². The van der Waals surface area contributed by atoms with E-state index in [-0.39, 0.29) is 17.2 Å². The Balaban J connectivity index is 1.83. The maximum Gasteiger partial charge on any atom is 0.231 e. The lowest BCUT2D eigenvalue weighted by Gasteiger charge is -2.27. The van der Waals surface area contributed by atoms with E-state index >= 15 is 0 Å². The average molecular weight is 332 g/mol. The van der Waals surface area contributed by atoms with E-state index in [0.29, 0.717) is 0 Å². The number of carbonyl (C=O) groups is 1. The van der Waals surface area contributed by atoms with Gasteiger partial charge in [0.1, 0.15) is 5.37 Å². The second kappa shape index (κ2) is 6.88. The van der Waals surface area contributed by atoms with E-state index in [1.165, 1.54) is 9.75 Å². The van der Waals surface area contributed by atoms with Crippen molar-refractivity contribution >= 4 is 29.0 Å². The molecule has 1 aromatic carbocycles. The molecule has 1 aliphatic heterocycles. The number of aryl methyl sites for hydroxylation is 1. The molecule has 0 saturated carbocycles. The number of hydrogen-bond acceptors (Lipinski definition) is 3. The van der Waals surface area contributed by atoms with E-state index in [1.54, 1.807) is 11.3 Å². The van der Waals surface area contributed by atoms with Crippen molar-refractivity contribution in [2.75, 3.05) is 12.3 Å². The van der Waals surface area contributed by atoms with Crippen LogP contribution in [0, 0.1) is 6.92 Å². The molecule has 0 unspecified atom stereocenters. The van der Waals surface area contributed by atoms with Crippen molar-refractivity contribution < 1.29 is 4.79 Å². The lowest BCUT2D eigenvalue weighted by Crippen LogP contribution is -2.34. The van der Waals surface area contributed by atoms with Gasteiger partial charge in [0.15, 0.2) is 0 Å². The molecule has 0 radical (unpaired) electrons. The molecule has 1 aliphatic rings. The van der Waals surface area contributed by atoms with Crippen molar-refractivity contribution in [3.8, 4) is 0 Å². The SMILES string of the molecule is CC[C@H](C(=O)N1CCS[C@@H]1c1ccc(C)s1)c1ccccc1. The van der Waals surface area contributed by atoms with E-state index in [4.69, 9.17) is 0 Å². The van der Waals surface area contributed by atoms with Gasteiger partial charge < -0.3 is 4.90 Å². The summed E-state index contributed by atoms with van der Waals surface area (Å²) in [6.45, 7) is 5.08. The summed E-state index contributed by atoms with van der Waals surface area (Å²) >= 11 is 3.69. The number of nitrogens with zero attached hydrogens (tertiary/aromatic N) is 1. The van der Waals surface area contributed by atoms with Gasteiger partial charge >= 0.3 is 0 Å². The predicted molar refractivity (Wildman–Crippen MR) is 95.4 cm³/mol. The fraction of sp³-hybridized carbons (Fsp3) is 0.389. The number of rotatable bonds is 4. The van der Waals surface area contributed by atoms with E-state index < -0.39 is 0 Å². The Morgan fingerprint density at radius 2 is 2.05 bits per heavy atom. The highest BCUT2D eigenvalue weighted by molar-refractivity contribution is 7.99. The number of amides is 1. The molecule has 0 bridgehead atoms. The van der Waals surface area contributed by atoms with Crippen molar-refractivity contribution in [1.82, 2.24) is 4.90 Å². The predicted octanol–water partition coefficient (Wildman–Crippen LogP) is 4.82. The number of hydrogen-bond donors (Lipinski definition) is 0. The highest BCUT2D eigenvalue weighted by atomic mass is 32.2. The molecule has 1 aromatic heterocycles. The third kappa shape index (κ3) is 3.08. The highest BCUT2D eigenvalue weighted by Gasteiger charge is 2.35. The zero-order valence-electron chi connectivity index (χ0n) is 13.0. The first-order valence-corrected chi connectivity index (χ1v) is 9.60. The molecular formula is C18H21NOS2. The van der Waals surface area contributed by atoms with Crippen LogP contribution >= 0.6 is 23.1 Å². The Morgan fingerprint density at radius 1 is 1.27 bits per heavy atom. The summed E-state index contributed by atoms with van der Waals surface area (Å²) < 4.78 is 0. The van der Waals surface area contributed by atoms with Crippen molar-refractivity contribution in [3.63, 3.8) is 0 Å². The first-order valence-electron chi connectivity index (χ1n) is 7.74. The fourth-order valence-electron chi connectivity index (χ4n) is 2.96. The summed E-state index contributed by atoms with van der Waals surface area (Å²) in [6.07, 6.45) is 0.847. The van der Waals surface area contributed by atoms with Crippen molar-refractivity contribution in [1.29, 1.82) is 0 Å². The molecule has 4 heteroatoms. The zero-order chi connectivity index (χ0) is 15.5. The molecule has 116 valence electrons. The average Bonchev–Trinajstić information content (AvgIpc) is 3.17. The standard InChI is InChI=1S/C18H21NOS2/c1-3-15(14-7-5-4-6-8-14)17(20)19-11-12-21-18(19)16-10-9-13(2)22-16/h4-10,15,18H,3,11-12H2,1-2H3/t15-,18+/m0/s1. The summed E-state index contributed by atoms with van der Waals surface area (Å²) in [7, 11) is 0. The molecular weight excluding hydrogens is 310 g/mol. The van der Waals surface area contributed by atoms with Gasteiger partial charge in [0, 0.05) is 22.1 Å². The van der Waals surface area contributed by atoms with E-state index in [9.17, 15) is 4.79 Å². The molecule has 2 nitrogen and oxygen atoms in total. The third-order valence-electron chi connectivity index (χ3n) is 4.09. The van der Waals surface area contributed by atoms with Gasteiger partial charge in [-0.05, 0) is 31.0 Å². The highest BCUT2D eigenvalue weighted by Crippen LogP contribution is 2.42. The fourth-order valence-corrected chi connectivity index (χ4v) is 5.33. The van der Waals surface area contributed by atoms with E-state index in [2.05, 4.69) is 43.0 Å². The molecule has 2 aromatic rings. The molecule has 0 spiro atoms. The first kappa shape index (κ1) is 15.6. The largest absolute Gasteiger partial charge is 0.324 e. The number of thioether (sulfide) groups is 1. The summed E-state index contributed by atoms with van der Waals surface area (Å²) in [5.74, 6) is 1.27. The Labute approximate surface area is 140 Å². The van der Waals surface area contributed by atoms with Gasteiger partial charge in [-0.3, -0.25) is 4.79 Å². The van der Waals surface area contributed by atoms with Crippen LogP contribution in [-0.4, -0.2) is 23.1 Å². The number of benzene rings is 1. The number of thiophene rings is 1. The molecule has 0 aliphatic carbocycles. The van der Waals surface area contributed by atoms with Crippen LogP contribution in [0.1, 0.15) is 40.0 Å². The summed E-state index contributed by atoms with van der Waals surface area (Å²) in [5.41, 5.74) is 1.13. The summed E-state index contributed by atoms with van der Waals surface area (Å²) in [5, 5.41) is 0.198. The Bertz CT molecular complexity index is 638. The molecule has 1 amide bonds. The van der Waals surface area contributed by atoms with E-state index in [0.717, 1.165) is 24.3 Å². The van der Waals surface area contributed by atoms with Crippen LogP contribution in [0.3, 0.4) is 0 Å². The molecule has 1 fully saturated rings. The summed E-state index contributed by atoms with van der Waals surface area (Å²) in [6, 6.07) is 14.5. The van der Waals surface area contributed by atoms with Crippen molar-refractivity contribution in [2.45, 2.75) is 31.6 Å². The minimum Gasteiger partial charge on any atom is -0.324 e. The topological polar surface area (TPSA) is 20.3 Å². The van der Waals surface area contributed by atoms with Crippen molar-refractivity contribution in [2.24, 2.45) is 0 Å². The molecule has 1 saturated heterocycles. The maximum absolute atomic E-state index is 13.1. The number of carbonyl (C=O) groups excluding carboxylic acids is 1. The van der Waals surface area contributed by atoms with Crippen LogP contribution in [0.5, 0.6) is 0 Å². The summed E-state index contributed by atoms with van der Waals surface area (Å²) in [4.78, 5) is 17.8. The second-order valence-corrected chi connectivity index (χ2v) is 8.08. The zero-order valence-corrected chi connectivity index (χ0v) is 14.6. The monoisotopic (exact) mass is 331 g/mol. The minimum atomic E-state index is -0.0246. The van der Waals surface area contributed by atoms with Crippen LogP contribution in [0.4, 0.5) is 0 Å². The van der Waals surface area contributed by atoms with Gasteiger partial charge in [-0.15, -0.1) is 23.1 Å². The normalized spacial score (nSPS) is 19.4. The van der Waals surface area contributed by atoms with Gasteiger partial charge in [-0.2, -0.15) is 0 Å². The van der Waals surface area contributed by atoms with Gasteiger partial charge in [0.25, 0.3) is 0 Å². The lowest BCUT2D eigenvalue weighted by atomic mass is 9.95. The molecule has 22 heavy (non-hydrogen) atoms. The van der Waals surface area contributed by atoms with Crippen LogP contribution in [0.25, 0.3) is 0 Å². The van der Waals surface area contributed by atoms with Crippen LogP contribution in [0.15, 0.2) is 42.5 Å². The van der Waals surface area contributed by atoms with Gasteiger partial charge in [0.2, 0.25) is 5.91 Å². The smallest absolute Gasteiger partial charge is 0.231 e. The van der Waals surface area contributed by atoms with Crippen molar-refractivity contribution in [3.05, 3.63) is 57.8 Å². The van der Waals surface area contributed by atoms with Gasteiger partial charge in [-0.25, -0.2) is 0 Å². The van der Waals surface area contributed by atoms with Gasteiger partial charge in [-0.1, -0.05) is 37.3 Å². The second-order valence-electron chi connectivity index (χ2n) is 5.57. The molecule has 2 atom stereocenters. The van der Waals surface area contributed by atoms with Gasteiger partial charge in [0.05, 0.1) is 5.92 Å². The quantitative estimate of drug-likeness (QED) is 0.800. The Morgan fingerprint density at radius 3 is 2.68 bits per heavy atom. The maximum atomic E-state index is 13.1. The Hall–Kier alpha value is -1.26. The minimum absolute atomic E-state index is 0.0246. The van der Waals surface area contributed by atoms with Crippen LogP contribution in [0.2, 0.25) is 0 Å². The van der Waals surface area contributed by atoms with Crippen LogP contribution < -0.4 is 0 Å². The van der Waals surface area contributed by atoms with E-state index in [1.807, 2.05) is 30.0 Å². The molecule has 0 N–H and O–H groups in total. The Kier molecular flexibility index (Phi) is 4.89. The molecule has 3 rings (SSSR count). The molecule has 2 heterocycles. The lowest BCUT2D eigenvalue weighted by molar-refractivity contribution is -0.133. The first-order chi connectivity index (χ1) is 10.7. The third-order valence-corrected chi connectivity index (χ3v) is 6.53.